The highest BCUT2D eigenvalue weighted by Gasteiger charge is 2.31. The second kappa shape index (κ2) is 9.18. The van der Waals surface area contributed by atoms with E-state index in [1.807, 2.05) is 31.2 Å². The average Bonchev–Trinajstić information content (AvgIpc) is 2.78. The summed E-state index contributed by atoms with van der Waals surface area (Å²) in [5.41, 5.74) is 2.31. The number of anilines is 2. The van der Waals surface area contributed by atoms with Crippen LogP contribution in [0.3, 0.4) is 0 Å². The van der Waals surface area contributed by atoms with E-state index in [0.29, 0.717) is 23.4 Å². The van der Waals surface area contributed by atoms with Gasteiger partial charge in [-0.3, -0.25) is 9.78 Å². The summed E-state index contributed by atoms with van der Waals surface area (Å²) < 4.78 is 38.9. The Balaban J connectivity index is 1.33. The minimum absolute atomic E-state index is 0.00778. The van der Waals surface area contributed by atoms with Crippen LogP contribution in [-0.2, 0) is 11.0 Å². The molecule has 1 saturated carbocycles. The van der Waals surface area contributed by atoms with Crippen LogP contribution in [0.4, 0.5) is 24.5 Å². The van der Waals surface area contributed by atoms with Crippen LogP contribution in [-0.4, -0.2) is 17.4 Å². The Kier molecular flexibility index (Phi) is 6.35. The first kappa shape index (κ1) is 22.1. The maximum Gasteiger partial charge on any atom is 0.416 e. The number of aryl methyl sites for hydroxylation is 1. The molecule has 1 aliphatic rings. The lowest BCUT2D eigenvalue weighted by atomic mass is 9.81. The smallest absolute Gasteiger partial charge is 0.384 e. The largest absolute Gasteiger partial charge is 0.416 e. The number of para-hydroxylation sites is 1. The SMILES string of the molecule is Cc1ccccc1NC(=O)[C@H]1CC[C@H](CNc2ccnc3cc(C(F)(F)F)ccc23)CC1. The van der Waals surface area contributed by atoms with Crippen molar-refractivity contribution >= 4 is 28.2 Å². The van der Waals surface area contributed by atoms with Crippen LogP contribution in [0.5, 0.6) is 0 Å². The van der Waals surface area contributed by atoms with Crippen molar-refractivity contribution in [1.82, 2.24) is 4.98 Å². The zero-order valence-corrected chi connectivity index (χ0v) is 17.9. The Labute approximate surface area is 185 Å². The second-order valence-electron chi connectivity index (χ2n) is 8.49. The summed E-state index contributed by atoms with van der Waals surface area (Å²) in [6.45, 7) is 2.69. The number of amides is 1. The fraction of sp³-hybridized carbons (Fsp3) is 0.360. The number of rotatable bonds is 5. The first-order valence-electron chi connectivity index (χ1n) is 10.9. The maximum absolute atomic E-state index is 13.0. The van der Waals surface area contributed by atoms with Gasteiger partial charge < -0.3 is 10.6 Å². The van der Waals surface area contributed by atoms with Gasteiger partial charge in [-0.25, -0.2) is 0 Å². The monoisotopic (exact) mass is 441 g/mol. The van der Waals surface area contributed by atoms with Crippen LogP contribution >= 0.6 is 0 Å². The van der Waals surface area contributed by atoms with Crippen molar-refractivity contribution in [1.29, 1.82) is 0 Å². The van der Waals surface area contributed by atoms with Gasteiger partial charge in [0.25, 0.3) is 0 Å². The molecule has 0 radical (unpaired) electrons. The molecule has 32 heavy (non-hydrogen) atoms. The van der Waals surface area contributed by atoms with E-state index in [2.05, 4.69) is 15.6 Å². The predicted octanol–water partition coefficient (Wildman–Crippen LogP) is 6.42. The highest BCUT2D eigenvalue weighted by Crippen LogP contribution is 2.34. The highest BCUT2D eigenvalue weighted by molar-refractivity contribution is 5.93. The average molecular weight is 441 g/mol. The summed E-state index contributed by atoms with van der Waals surface area (Å²) in [4.78, 5) is 16.7. The number of benzene rings is 2. The number of nitrogens with one attached hydrogen (secondary N) is 2. The zero-order valence-electron chi connectivity index (χ0n) is 17.9. The van der Waals surface area contributed by atoms with Gasteiger partial charge in [-0.2, -0.15) is 13.2 Å². The molecule has 0 bridgehead atoms. The topological polar surface area (TPSA) is 54.0 Å². The van der Waals surface area contributed by atoms with E-state index in [1.165, 1.54) is 12.3 Å². The molecule has 0 spiro atoms. The van der Waals surface area contributed by atoms with Crippen LogP contribution in [0.25, 0.3) is 10.9 Å². The number of aromatic nitrogens is 1. The Morgan fingerprint density at radius 3 is 2.50 bits per heavy atom. The van der Waals surface area contributed by atoms with Gasteiger partial charge in [0.05, 0.1) is 11.1 Å². The minimum Gasteiger partial charge on any atom is -0.384 e. The van der Waals surface area contributed by atoms with Crippen molar-refractivity contribution in [3.8, 4) is 0 Å². The van der Waals surface area contributed by atoms with Gasteiger partial charge in [0, 0.05) is 35.4 Å². The third-order valence-electron chi connectivity index (χ3n) is 6.27. The van der Waals surface area contributed by atoms with E-state index in [1.54, 1.807) is 6.07 Å². The summed E-state index contributed by atoms with van der Waals surface area (Å²) in [5, 5.41) is 7.10. The molecule has 0 unspecified atom stereocenters. The normalized spacial score (nSPS) is 19.0. The molecular formula is C25H26F3N3O. The van der Waals surface area contributed by atoms with Gasteiger partial charge in [-0.05, 0) is 68.4 Å². The third kappa shape index (κ3) is 5.03. The number of fused-ring (bicyclic) bond motifs is 1. The Bertz CT molecular complexity index is 1110. The van der Waals surface area contributed by atoms with Crippen LogP contribution < -0.4 is 10.6 Å². The first-order chi connectivity index (χ1) is 15.3. The van der Waals surface area contributed by atoms with Gasteiger partial charge in [0.2, 0.25) is 5.91 Å². The molecule has 2 N–H and O–H groups in total. The number of carbonyl (C=O) groups excluding carboxylic acids is 1. The van der Waals surface area contributed by atoms with Crippen LogP contribution in [0.1, 0.15) is 36.8 Å². The van der Waals surface area contributed by atoms with Gasteiger partial charge >= 0.3 is 6.18 Å². The fourth-order valence-electron chi connectivity index (χ4n) is 4.31. The highest BCUT2D eigenvalue weighted by atomic mass is 19.4. The van der Waals surface area contributed by atoms with E-state index in [4.69, 9.17) is 0 Å². The van der Waals surface area contributed by atoms with E-state index < -0.39 is 11.7 Å². The molecule has 1 fully saturated rings. The lowest BCUT2D eigenvalue weighted by Crippen LogP contribution is -2.29. The second-order valence-corrected chi connectivity index (χ2v) is 8.49. The van der Waals surface area contributed by atoms with E-state index in [0.717, 1.165) is 54.8 Å². The Hall–Kier alpha value is -3.09. The number of hydrogen-bond donors (Lipinski definition) is 2. The van der Waals surface area contributed by atoms with E-state index in [9.17, 15) is 18.0 Å². The van der Waals surface area contributed by atoms with Gasteiger partial charge in [-0.1, -0.05) is 24.3 Å². The van der Waals surface area contributed by atoms with Crippen LogP contribution in [0, 0.1) is 18.8 Å². The molecule has 4 nitrogen and oxygen atoms in total. The quantitative estimate of drug-likeness (QED) is 0.480. The van der Waals surface area contributed by atoms with Crippen molar-refractivity contribution in [2.75, 3.05) is 17.2 Å². The molecule has 1 aliphatic carbocycles. The molecular weight excluding hydrogens is 415 g/mol. The summed E-state index contributed by atoms with van der Waals surface area (Å²) in [5.74, 6) is 0.495. The number of halogens is 3. The molecule has 4 rings (SSSR count). The number of alkyl halides is 3. The number of pyridine rings is 1. The van der Waals surface area contributed by atoms with Crippen molar-refractivity contribution in [3.63, 3.8) is 0 Å². The zero-order chi connectivity index (χ0) is 22.7. The molecule has 168 valence electrons. The summed E-state index contributed by atoms with van der Waals surface area (Å²) in [6.07, 6.45) is 0.660. The van der Waals surface area contributed by atoms with E-state index in [-0.39, 0.29) is 11.8 Å². The number of hydrogen-bond acceptors (Lipinski definition) is 3. The maximum atomic E-state index is 13.0. The van der Waals surface area contributed by atoms with Crippen LogP contribution in [0.2, 0.25) is 0 Å². The molecule has 2 aromatic carbocycles. The molecule has 1 aromatic heterocycles. The van der Waals surface area contributed by atoms with Crippen molar-refractivity contribution < 1.29 is 18.0 Å². The van der Waals surface area contributed by atoms with Gasteiger partial charge in [0.1, 0.15) is 0 Å². The van der Waals surface area contributed by atoms with Crippen molar-refractivity contribution in [2.45, 2.75) is 38.8 Å². The lowest BCUT2D eigenvalue weighted by Gasteiger charge is -2.28. The molecule has 7 heteroatoms. The van der Waals surface area contributed by atoms with Gasteiger partial charge in [0.15, 0.2) is 0 Å². The minimum atomic E-state index is -4.39. The van der Waals surface area contributed by atoms with Crippen molar-refractivity contribution in [3.05, 3.63) is 65.9 Å². The molecule has 1 amide bonds. The predicted molar refractivity (Wildman–Crippen MR) is 120 cm³/mol. The molecule has 0 saturated heterocycles. The molecule has 0 atom stereocenters. The third-order valence-corrected chi connectivity index (χ3v) is 6.27. The van der Waals surface area contributed by atoms with Crippen molar-refractivity contribution in [2.24, 2.45) is 11.8 Å². The standard InChI is InChI=1S/C25H26F3N3O/c1-16-4-2-3-5-21(16)31-24(32)18-8-6-17(7-9-18)15-30-22-12-13-29-23-14-19(25(26,27)28)10-11-20(22)23/h2-5,10-14,17-18H,6-9,15H2,1H3,(H,29,30)(H,31,32)/t17-,18-. The Morgan fingerprint density at radius 1 is 1.03 bits per heavy atom. The molecule has 3 aromatic rings. The number of carbonyl (C=O) groups is 1. The fourth-order valence-corrected chi connectivity index (χ4v) is 4.31. The molecule has 1 heterocycles. The van der Waals surface area contributed by atoms with Crippen LogP contribution in [0.15, 0.2) is 54.7 Å². The van der Waals surface area contributed by atoms with Gasteiger partial charge in [-0.15, -0.1) is 0 Å². The summed E-state index contributed by atoms with van der Waals surface area (Å²) in [7, 11) is 0. The Morgan fingerprint density at radius 2 is 1.78 bits per heavy atom. The van der Waals surface area contributed by atoms with E-state index >= 15 is 0 Å². The lowest BCUT2D eigenvalue weighted by molar-refractivity contribution is -0.137. The number of nitrogens with zero attached hydrogens (tertiary/aromatic N) is 1. The first-order valence-corrected chi connectivity index (χ1v) is 10.9. The molecule has 0 aliphatic heterocycles. The summed E-state index contributed by atoms with van der Waals surface area (Å²) >= 11 is 0. The summed E-state index contributed by atoms with van der Waals surface area (Å²) in [6, 6.07) is 13.2.